The molecule has 1 amide bonds. The molecule has 1 aliphatic rings. The number of amides is 1. The van der Waals surface area contributed by atoms with Gasteiger partial charge in [-0.15, -0.1) is 0 Å². The summed E-state index contributed by atoms with van der Waals surface area (Å²) in [5.41, 5.74) is 0.341. The van der Waals surface area contributed by atoms with E-state index in [1.54, 1.807) is 0 Å². The van der Waals surface area contributed by atoms with Crippen LogP contribution in [0.2, 0.25) is 0 Å². The smallest absolute Gasteiger partial charge is 0.393 e. The maximum Gasteiger partial charge on any atom is 0.393 e. The molecule has 12 heteroatoms. The molecule has 3 aromatic rings. The van der Waals surface area contributed by atoms with E-state index in [0.717, 1.165) is 25.9 Å². The first-order chi connectivity index (χ1) is 14.7. The number of nitrogens with one attached hydrogen (secondary N) is 2. The molecule has 0 radical (unpaired) electrons. The Kier molecular flexibility index (Phi) is 5.56. The van der Waals surface area contributed by atoms with Gasteiger partial charge in [-0.2, -0.15) is 23.4 Å². The van der Waals surface area contributed by atoms with Gasteiger partial charge in [0.1, 0.15) is 12.0 Å². The van der Waals surface area contributed by atoms with E-state index in [1.165, 1.54) is 30.2 Å². The highest BCUT2D eigenvalue weighted by Gasteiger charge is 2.34. The Morgan fingerprint density at radius 1 is 1.35 bits per heavy atom. The van der Waals surface area contributed by atoms with Gasteiger partial charge in [0.15, 0.2) is 11.4 Å². The molecule has 31 heavy (non-hydrogen) atoms. The van der Waals surface area contributed by atoms with Crippen LogP contribution < -0.4 is 10.1 Å². The molecule has 0 saturated carbocycles. The van der Waals surface area contributed by atoms with Gasteiger partial charge in [0, 0.05) is 23.4 Å². The van der Waals surface area contributed by atoms with Gasteiger partial charge < -0.3 is 15.0 Å². The summed E-state index contributed by atoms with van der Waals surface area (Å²) in [5, 5.41) is 13.4. The van der Waals surface area contributed by atoms with Crippen LogP contribution in [0.4, 0.5) is 13.2 Å². The second-order valence-corrected chi connectivity index (χ2v) is 7.59. The first-order valence-corrected chi connectivity index (χ1v) is 9.76. The molecule has 0 aliphatic carbocycles. The summed E-state index contributed by atoms with van der Waals surface area (Å²) in [4.78, 5) is 19.0. The molecule has 1 saturated heterocycles. The molecule has 1 fully saturated rings. The van der Waals surface area contributed by atoms with Crippen molar-refractivity contribution in [1.82, 2.24) is 35.0 Å². The van der Waals surface area contributed by atoms with Gasteiger partial charge in [0.2, 0.25) is 0 Å². The molecular formula is C19H22F3N7O2. The predicted molar refractivity (Wildman–Crippen MR) is 105 cm³/mol. The quantitative estimate of drug-likeness (QED) is 0.634. The van der Waals surface area contributed by atoms with Crippen LogP contribution in [0.25, 0.3) is 16.9 Å². The number of aromatic nitrogens is 5. The minimum atomic E-state index is -4.53. The maximum absolute atomic E-state index is 13.4. The van der Waals surface area contributed by atoms with E-state index in [9.17, 15) is 18.0 Å². The molecule has 3 aromatic heterocycles. The molecule has 0 atom stereocenters. The topological polar surface area (TPSA) is 100 Å². The van der Waals surface area contributed by atoms with E-state index < -0.39 is 18.5 Å². The summed E-state index contributed by atoms with van der Waals surface area (Å²) in [5.74, 6) is -0.269. The van der Waals surface area contributed by atoms with Crippen LogP contribution in [0.1, 0.15) is 28.9 Å². The fourth-order valence-electron chi connectivity index (χ4n) is 3.75. The second-order valence-electron chi connectivity index (χ2n) is 7.59. The van der Waals surface area contributed by atoms with Crippen molar-refractivity contribution in [2.45, 2.75) is 31.5 Å². The minimum Gasteiger partial charge on any atom is -0.493 e. The number of fused-ring (bicyclic) bond motifs is 1. The maximum atomic E-state index is 13.4. The summed E-state index contributed by atoms with van der Waals surface area (Å²) in [6.07, 6.45) is -1.55. The monoisotopic (exact) mass is 437 g/mol. The Morgan fingerprint density at radius 3 is 2.77 bits per heavy atom. The van der Waals surface area contributed by atoms with E-state index in [0.29, 0.717) is 17.0 Å². The molecule has 0 unspecified atom stereocenters. The lowest BCUT2D eigenvalue weighted by molar-refractivity contribution is -0.127. The Labute approximate surface area is 175 Å². The van der Waals surface area contributed by atoms with Gasteiger partial charge in [-0.05, 0) is 39.0 Å². The van der Waals surface area contributed by atoms with Crippen molar-refractivity contribution in [3.63, 3.8) is 0 Å². The molecule has 4 heterocycles. The highest BCUT2D eigenvalue weighted by molar-refractivity contribution is 5.95. The van der Waals surface area contributed by atoms with Crippen molar-refractivity contribution in [1.29, 1.82) is 0 Å². The zero-order chi connectivity index (χ0) is 22.2. The summed E-state index contributed by atoms with van der Waals surface area (Å²) < 4.78 is 46.8. The number of hydrogen-bond acceptors (Lipinski definition) is 6. The van der Waals surface area contributed by atoms with Crippen molar-refractivity contribution >= 4 is 11.6 Å². The largest absolute Gasteiger partial charge is 0.493 e. The zero-order valence-corrected chi connectivity index (χ0v) is 17.0. The molecule has 166 valence electrons. The number of methoxy groups -OCH3 is 1. The summed E-state index contributed by atoms with van der Waals surface area (Å²) >= 11 is 0. The Hall–Kier alpha value is -3.15. The highest BCUT2D eigenvalue weighted by atomic mass is 19.4. The Morgan fingerprint density at radius 2 is 2.10 bits per heavy atom. The normalized spacial score (nSPS) is 16.0. The fourth-order valence-corrected chi connectivity index (χ4v) is 3.75. The molecule has 0 aromatic carbocycles. The van der Waals surface area contributed by atoms with E-state index in [-0.39, 0.29) is 23.0 Å². The number of nitrogens with zero attached hydrogens (tertiary/aromatic N) is 5. The van der Waals surface area contributed by atoms with Gasteiger partial charge in [0.25, 0.3) is 5.91 Å². The first kappa shape index (κ1) is 21.1. The number of likely N-dealkylation sites (tertiary alicyclic amines) is 1. The minimum absolute atomic E-state index is 0.0153. The number of halogens is 3. The number of ether oxygens (including phenoxy) is 1. The first-order valence-electron chi connectivity index (χ1n) is 9.76. The second kappa shape index (κ2) is 8.17. The van der Waals surface area contributed by atoms with Crippen LogP contribution >= 0.6 is 0 Å². The molecule has 4 rings (SSSR count). The number of aromatic amines is 1. The van der Waals surface area contributed by atoms with Gasteiger partial charge in [-0.3, -0.25) is 9.89 Å². The van der Waals surface area contributed by atoms with Crippen LogP contribution in [-0.4, -0.2) is 75.1 Å². The molecule has 9 nitrogen and oxygen atoms in total. The number of alkyl halides is 3. The third-order valence-electron chi connectivity index (χ3n) is 5.36. The van der Waals surface area contributed by atoms with Crippen molar-refractivity contribution in [2.75, 3.05) is 27.2 Å². The average Bonchev–Trinajstić information content (AvgIpc) is 3.34. The summed E-state index contributed by atoms with van der Waals surface area (Å²) in [6.45, 7) is 1.62. The summed E-state index contributed by atoms with van der Waals surface area (Å²) in [6, 6.07) is 1.43. The lowest BCUT2D eigenvalue weighted by Gasteiger charge is -2.29. The number of carbonyl (C=O) groups is 1. The third-order valence-corrected chi connectivity index (χ3v) is 5.36. The zero-order valence-electron chi connectivity index (χ0n) is 17.0. The summed E-state index contributed by atoms with van der Waals surface area (Å²) in [7, 11) is 3.41. The molecule has 0 bridgehead atoms. The average molecular weight is 437 g/mol. The lowest BCUT2D eigenvalue weighted by atomic mass is 10.0. The van der Waals surface area contributed by atoms with E-state index >= 15 is 0 Å². The Balaban J connectivity index is 1.70. The van der Waals surface area contributed by atoms with Gasteiger partial charge >= 0.3 is 6.18 Å². The Bertz CT molecular complexity index is 1080. The molecule has 1 aliphatic heterocycles. The number of H-pyrrole nitrogens is 1. The molecule has 0 spiro atoms. The lowest BCUT2D eigenvalue weighted by Crippen LogP contribution is -2.43. The third kappa shape index (κ3) is 4.48. The number of piperidine rings is 1. The number of rotatable bonds is 5. The predicted octanol–water partition coefficient (Wildman–Crippen LogP) is 2.06. The van der Waals surface area contributed by atoms with Crippen molar-refractivity contribution < 1.29 is 22.7 Å². The number of hydrogen-bond donors (Lipinski definition) is 2. The van der Waals surface area contributed by atoms with Gasteiger partial charge in [-0.1, -0.05) is 0 Å². The van der Waals surface area contributed by atoms with Crippen molar-refractivity contribution in [2.24, 2.45) is 0 Å². The van der Waals surface area contributed by atoms with E-state index in [1.807, 2.05) is 7.05 Å². The number of carbonyl (C=O) groups excluding carboxylic acids is 1. The van der Waals surface area contributed by atoms with Crippen LogP contribution in [0, 0.1) is 0 Å². The van der Waals surface area contributed by atoms with E-state index in [2.05, 4.69) is 30.5 Å². The van der Waals surface area contributed by atoms with Crippen LogP contribution in [0.15, 0.2) is 18.6 Å². The molecular weight excluding hydrogens is 415 g/mol. The highest BCUT2D eigenvalue weighted by Crippen LogP contribution is 2.33. The molecule has 2 N–H and O–H groups in total. The standard InChI is InChI=1S/C19H22F3N7O2/c1-28-5-3-12(4-6-28)25-18(30)16-13(8-19(20,21)22)15(26-27-16)11-7-14(31-2)17-23-10-24-29(17)9-11/h7,9-10,12H,3-6,8H2,1-2H3,(H,25,30)(H,26,27). The number of pyridine rings is 1. The van der Waals surface area contributed by atoms with Crippen molar-refractivity contribution in [3.8, 4) is 17.0 Å². The van der Waals surface area contributed by atoms with Crippen LogP contribution in [0.5, 0.6) is 5.75 Å². The van der Waals surface area contributed by atoms with Gasteiger partial charge in [0.05, 0.1) is 19.2 Å². The van der Waals surface area contributed by atoms with Gasteiger partial charge in [-0.25, -0.2) is 9.50 Å². The fraction of sp³-hybridized carbons (Fsp3) is 0.474. The SMILES string of the molecule is COc1cc(-c2n[nH]c(C(=O)NC3CCN(C)CC3)c2CC(F)(F)F)cn2ncnc12. The van der Waals surface area contributed by atoms with Crippen LogP contribution in [0.3, 0.4) is 0 Å². The van der Waals surface area contributed by atoms with E-state index in [4.69, 9.17) is 4.74 Å². The van der Waals surface area contributed by atoms with Crippen molar-refractivity contribution in [3.05, 3.63) is 29.8 Å². The van der Waals surface area contributed by atoms with Crippen LogP contribution in [-0.2, 0) is 6.42 Å².